The van der Waals surface area contributed by atoms with Gasteiger partial charge in [-0.25, -0.2) is 0 Å². The van der Waals surface area contributed by atoms with Crippen LogP contribution in [0.3, 0.4) is 0 Å². The van der Waals surface area contributed by atoms with E-state index < -0.39 is 0 Å². The topological polar surface area (TPSA) is 111 Å². The predicted molar refractivity (Wildman–Crippen MR) is 106 cm³/mol. The quantitative estimate of drug-likeness (QED) is 0.818. The molecular formula is C21H27N3O4. The summed E-state index contributed by atoms with van der Waals surface area (Å²) in [5.41, 5.74) is 8.53. The normalized spacial score (nSPS) is 15.1. The summed E-state index contributed by atoms with van der Waals surface area (Å²) in [5, 5.41) is 3.91. The molecule has 1 aromatic carbocycles. The third kappa shape index (κ3) is 5.79. The van der Waals surface area contributed by atoms with E-state index in [-0.39, 0.29) is 24.0 Å². The van der Waals surface area contributed by atoms with Crippen molar-refractivity contribution in [3.63, 3.8) is 0 Å². The Hall–Kier alpha value is -2.92. The van der Waals surface area contributed by atoms with E-state index in [0.29, 0.717) is 18.0 Å². The number of nitrogens with one attached hydrogen (secondary N) is 1. The molecule has 0 radical (unpaired) electrons. The van der Waals surface area contributed by atoms with Crippen LogP contribution < -0.4 is 15.8 Å². The van der Waals surface area contributed by atoms with Gasteiger partial charge in [0.2, 0.25) is 5.91 Å². The van der Waals surface area contributed by atoms with Gasteiger partial charge < -0.3 is 15.8 Å². The summed E-state index contributed by atoms with van der Waals surface area (Å²) < 4.78 is 5.96. The van der Waals surface area contributed by atoms with Crippen LogP contribution in [0.5, 0.6) is 5.75 Å². The van der Waals surface area contributed by atoms with Gasteiger partial charge in [-0.15, -0.1) is 0 Å². The Balaban J connectivity index is 0.000000878. The van der Waals surface area contributed by atoms with Crippen LogP contribution in [0.25, 0.3) is 10.9 Å². The van der Waals surface area contributed by atoms with Crippen molar-refractivity contribution in [3.05, 3.63) is 30.0 Å². The molecule has 1 aliphatic carbocycles. The Morgan fingerprint density at radius 2 is 2.00 bits per heavy atom. The predicted octanol–water partition coefficient (Wildman–Crippen LogP) is 3.01. The molecule has 1 saturated carbocycles. The molecular weight excluding hydrogens is 358 g/mol. The van der Waals surface area contributed by atoms with Crippen molar-refractivity contribution >= 4 is 28.6 Å². The van der Waals surface area contributed by atoms with Crippen LogP contribution in [0.15, 0.2) is 24.3 Å². The molecule has 0 bridgehead atoms. The van der Waals surface area contributed by atoms with Gasteiger partial charge in [-0.3, -0.25) is 9.78 Å². The lowest BCUT2D eigenvalue weighted by atomic mass is 9.88. The van der Waals surface area contributed by atoms with Crippen LogP contribution in [-0.4, -0.2) is 29.7 Å². The lowest BCUT2D eigenvalue weighted by Gasteiger charge is -2.23. The molecule has 28 heavy (non-hydrogen) atoms. The third-order valence-electron chi connectivity index (χ3n) is 4.81. The summed E-state index contributed by atoms with van der Waals surface area (Å²) in [6.45, 7) is 4.30. The Morgan fingerprint density at radius 3 is 2.68 bits per heavy atom. The highest BCUT2D eigenvalue weighted by Crippen LogP contribution is 2.30. The number of nitrogens with two attached hydrogens (primary N) is 1. The van der Waals surface area contributed by atoms with E-state index in [1.54, 1.807) is 0 Å². The molecule has 3 rings (SSSR count). The van der Waals surface area contributed by atoms with E-state index in [1.807, 2.05) is 38.1 Å². The number of amides is 1. The molecule has 0 saturated heterocycles. The van der Waals surface area contributed by atoms with Crippen molar-refractivity contribution in [1.82, 2.24) is 10.3 Å². The smallest absolute Gasteiger partial charge is 0.373 e. The average Bonchev–Trinajstić information content (AvgIpc) is 2.67. The van der Waals surface area contributed by atoms with Gasteiger partial charge in [-0.2, -0.15) is 9.59 Å². The van der Waals surface area contributed by atoms with Crippen LogP contribution in [0, 0.1) is 12.8 Å². The van der Waals surface area contributed by atoms with Crippen LogP contribution in [0.2, 0.25) is 0 Å². The van der Waals surface area contributed by atoms with E-state index in [1.165, 1.54) is 6.42 Å². The molecule has 1 amide bonds. The van der Waals surface area contributed by atoms with Gasteiger partial charge in [0.25, 0.3) is 0 Å². The van der Waals surface area contributed by atoms with Crippen molar-refractivity contribution in [2.45, 2.75) is 52.0 Å². The summed E-state index contributed by atoms with van der Waals surface area (Å²) in [7, 11) is 0. The lowest BCUT2D eigenvalue weighted by molar-refractivity contribution is -0.191. The van der Waals surface area contributed by atoms with Gasteiger partial charge in [0, 0.05) is 17.3 Å². The molecule has 1 aromatic heterocycles. The number of hydrogen-bond acceptors (Lipinski definition) is 6. The van der Waals surface area contributed by atoms with Gasteiger partial charge in [-0.05, 0) is 44.9 Å². The number of carbonyl (C=O) groups is 1. The molecule has 2 aromatic rings. The molecule has 1 atom stereocenters. The molecule has 0 unspecified atom stereocenters. The number of nitrogen functional groups attached to an aromatic ring is 1. The number of aryl methyl sites for hydroxylation is 1. The van der Waals surface area contributed by atoms with Gasteiger partial charge in [0.05, 0.1) is 16.9 Å². The second-order valence-corrected chi connectivity index (χ2v) is 7.14. The Labute approximate surface area is 164 Å². The maximum atomic E-state index is 12.3. The molecule has 3 N–H and O–H groups in total. The number of carbonyl (C=O) groups excluding carboxylic acids is 3. The van der Waals surface area contributed by atoms with Crippen LogP contribution in [-0.2, 0) is 14.4 Å². The van der Waals surface area contributed by atoms with E-state index >= 15 is 0 Å². The van der Waals surface area contributed by atoms with Crippen molar-refractivity contribution in [2.24, 2.45) is 5.92 Å². The molecule has 1 aliphatic rings. The molecule has 1 fully saturated rings. The maximum Gasteiger partial charge on any atom is 0.373 e. The number of nitrogens with zero attached hydrogens (tertiary/aromatic N) is 1. The first-order chi connectivity index (χ1) is 13.5. The van der Waals surface area contributed by atoms with E-state index in [4.69, 9.17) is 20.1 Å². The fourth-order valence-corrected chi connectivity index (χ4v) is 3.52. The molecule has 0 aliphatic heterocycles. The maximum absolute atomic E-state index is 12.3. The summed E-state index contributed by atoms with van der Waals surface area (Å²) in [6, 6.07) is 7.54. The highest BCUT2D eigenvalue weighted by Gasteiger charge is 2.22. The Kier molecular flexibility index (Phi) is 7.96. The number of fused-ring (bicyclic) bond motifs is 1. The molecule has 1 heterocycles. The summed E-state index contributed by atoms with van der Waals surface area (Å²) in [6.07, 6.45) is 5.82. The van der Waals surface area contributed by atoms with Crippen LogP contribution in [0.1, 0.15) is 44.7 Å². The number of rotatable bonds is 5. The summed E-state index contributed by atoms with van der Waals surface area (Å²) in [5.74, 6) is 1.03. The first kappa shape index (κ1) is 21.4. The van der Waals surface area contributed by atoms with E-state index in [9.17, 15) is 4.79 Å². The van der Waals surface area contributed by atoms with Crippen molar-refractivity contribution in [3.8, 4) is 5.75 Å². The Morgan fingerprint density at radius 1 is 1.32 bits per heavy atom. The number of aromatic nitrogens is 1. The monoisotopic (exact) mass is 385 g/mol. The highest BCUT2D eigenvalue weighted by atomic mass is 16.5. The molecule has 150 valence electrons. The SMILES string of the molecule is Cc1cc(N)c2c(OC[C@@H](C)NC(=O)C3CCCCC3)cccc2n1.O=C=O. The third-order valence-corrected chi connectivity index (χ3v) is 4.81. The number of ether oxygens (including phenoxy) is 1. The fourth-order valence-electron chi connectivity index (χ4n) is 3.52. The number of pyridine rings is 1. The van der Waals surface area contributed by atoms with Gasteiger partial charge in [0.15, 0.2) is 0 Å². The number of hydrogen-bond donors (Lipinski definition) is 2. The van der Waals surface area contributed by atoms with Crippen molar-refractivity contribution in [1.29, 1.82) is 0 Å². The summed E-state index contributed by atoms with van der Waals surface area (Å²) in [4.78, 5) is 33.1. The second kappa shape index (κ2) is 10.4. The average molecular weight is 385 g/mol. The first-order valence-electron chi connectivity index (χ1n) is 9.54. The van der Waals surface area contributed by atoms with Crippen LogP contribution >= 0.6 is 0 Å². The van der Waals surface area contributed by atoms with Crippen molar-refractivity contribution in [2.75, 3.05) is 12.3 Å². The van der Waals surface area contributed by atoms with E-state index in [0.717, 1.165) is 42.3 Å². The zero-order valence-corrected chi connectivity index (χ0v) is 16.4. The van der Waals surface area contributed by atoms with E-state index in [2.05, 4.69) is 10.3 Å². The van der Waals surface area contributed by atoms with Crippen molar-refractivity contribution < 1.29 is 19.1 Å². The first-order valence-corrected chi connectivity index (χ1v) is 9.54. The summed E-state index contributed by atoms with van der Waals surface area (Å²) >= 11 is 0. The molecule has 7 heteroatoms. The highest BCUT2D eigenvalue weighted by molar-refractivity contribution is 5.95. The molecule has 7 nitrogen and oxygen atoms in total. The largest absolute Gasteiger partial charge is 0.491 e. The number of anilines is 1. The lowest BCUT2D eigenvalue weighted by Crippen LogP contribution is -2.40. The minimum Gasteiger partial charge on any atom is -0.491 e. The van der Waals surface area contributed by atoms with Gasteiger partial charge in [0.1, 0.15) is 12.4 Å². The zero-order chi connectivity index (χ0) is 20.5. The number of benzene rings is 1. The Bertz CT molecular complexity index is 841. The van der Waals surface area contributed by atoms with Gasteiger partial charge in [-0.1, -0.05) is 25.3 Å². The van der Waals surface area contributed by atoms with Gasteiger partial charge >= 0.3 is 6.15 Å². The molecule has 0 spiro atoms. The fraction of sp³-hybridized carbons (Fsp3) is 0.476. The zero-order valence-electron chi connectivity index (χ0n) is 16.4. The minimum absolute atomic E-state index is 0.0516. The standard InChI is InChI=1S/C20H27N3O2.CO2/c1-13-11-16(21)19-17(22-13)9-6-10-18(19)25-12-14(2)23-20(24)15-7-4-3-5-8-15;2-1-3/h6,9-11,14-15H,3-5,7-8,12H2,1-2H3,(H2,21,22)(H,23,24);/t14-;/m1./s1. The van der Waals surface area contributed by atoms with Crippen LogP contribution in [0.4, 0.5) is 5.69 Å². The minimum atomic E-state index is -0.0516. The second-order valence-electron chi connectivity index (χ2n) is 7.14.